The Hall–Kier alpha value is 0.939. The molecule has 0 aromatic rings. The molecule has 0 radical (unpaired) electrons. The van der Waals surface area contributed by atoms with Gasteiger partial charge in [0.1, 0.15) is 0 Å². The Labute approximate surface area is 139 Å². The summed E-state index contributed by atoms with van der Waals surface area (Å²) in [4.78, 5) is 0. The Morgan fingerprint density at radius 3 is 1.79 bits per heavy atom. The molecule has 19 heavy (non-hydrogen) atoms. The van der Waals surface area contributed by atoms with Gasteiger partial charge in [0.15, 0.2) is 0 Å². The van der Waals surface area contributed by atoms with E-state index >= 15 is 0 Å². The van der Waals surface area contributed by atoms with E-state index < -0.39 is 0 Å². The number of nitrogens with one attached hydrogen (secondary N) is 4. The van der Waals surface area contributed by atoms with Crippen LogP contribution >= 0.6 is 24.8 Å². The fraction of sp³-hybridized carbons (Fsp3) is 1.00. The summed E-state index contributed by atoms with van der Waals surface area (Å²) in [6, 6.07) is 0.621. The normalized spacial score (nSPS) is 22.6. The van der Waals surface area contributed by atoms with Crippen molar-refractivity contribution >= 4 is 24.8 Å². The van der Waals surface area contributed by atoms with Crippen molar-refractivity contribution in [2.45, 2.75) is 31.6 Å². The Bertz CT molecular complexity index is 142. The van der Waals surface area contributed by atoms with Crippen molar-refractivity contribution in [3.63, 3.8) is 0 Å². The molecule has 1 heterocycles. The zero-order valence-corrected chi connectivity index (χ0v) is 14.9. The third-order valence-corrected chi connectivity index (χ3v) is 2.73. The van der Waals surface area contributed by atoms with Crippen LogP contribution < -0.4 is 21.3 Å². The summed E-state index contributed by atoms with van der Waals surface area (Å²) in [5.74, 6) is 1.81. The van der Waals surface area contributed by atoms with Crippen molar-refractivity contribution in [3.05, 3.63) is 0 Å². The molecule has 0 amide bonds. The predicted molar refractivity (Wildman–Crippen MR) is 85.7 cm³/mol. The van der Waals surface area contributed by atoms with E-state index in [0.717, 1.165) is 45.8 Å². The van der Waals surface area contributed by atoms with E-state index in [1.165, 1.54) is 12.8 Å². The summed E-state index contributed by atoms with van der Waals surface area (Å²) < 4.78 is 0. The molecule has 0 aliphatic carbocycles. The second-order valence-corrected chi connectivity index (χ2v) is 4.25. The Balaban J connectivity index is -0.000000609. The molecule has 0 saturated carbocycles. The zero-order valence-electron chi connectivity index (χ0n) is 12.1. The van der Waals surface area contributed by atoms with Crippen molar-refractivity contribution in [1.29, 1.82) is 0 Å². The maximum atomic E-state index is 3.52. The number of rotatable bonds is 0. The van der Waals surface area contributed by atoms with Crippen LogP contribution in [0.1, 0.15) is 19.8 Å². The SMILES string of the molecule is CC1CCNCCNCCCNCCN1.Cl.Cl.[CH3][Mn]. The molecule has 0 aromatic carbocycles. The minimum atomic E-state index is 0. The van der Waals surface area contributed by atoms with E-state index in [-0.39, 0.29) is 24.8 Å². The topological polar surface area (TPSA) is 48.1 Å². The standard InChI is InChI=1S/C11H26N4.CH3.2ClH.Mn/c1-11-3-6-14-8-7-12-4-2-5-13-9-10-15-11;;;;/h11-15H,2-10H2,1H3;1H3;2*1H;. The van der Waals surface area contributed by atoms with Crippen molar-refractivity contribution in [2.75, 3.05) is 45.8 Å². The van der Waals surface area contributed by atoms with Crippen LogP contribution in [-0.4, -0.2) is 51.9 Å². The monoisotopic (exact) mass is 356 g/mol. The van der Waals surface area contributed by atoms with Gasteiger partial charge in [-0.15, -0.1) is 24.8 Å². The van der Waals surface area contributed by atoms with E-state index in [4.69, 9.17) is 0 Å². The molecule has 1 atom stereocenters. The average Bonchev–Trinajstić information content (AvgIpc) is 2.37. The molecular weight excluding hydrogens is 326 g/mol. The first-order valence-corrected chi connectivity index (χ1v) is 7.81. The van der Waals surface area contributed by atoms with Crippen molar-refractivity contribution in [1.82, 2.24) is 21.3 Å². The van der Waals surface area contributed by atoms with Crippen LogP contribution in [0.4, 0.5) is 0 Å². The van der Waals surface area contributed by atoms with Gasteiger partial charge >= 0.3 is 21.8 Å². The van der Waals surface area contributed by atoms with Gasteiger partial charge in [-0.05, 0) is 39.4 Å². The third-order valence-electron chi connectivity index (χ3n) is 2.73. The first-order valence-electron chi connectivity index (χ1n) is 6.63. The van der Waals surface area contributed by atoms with Gasteiger partial charge in [-0.25, -0.2) is 0 Å². The molecule has 0 aromatic heterocycles. The summed E-state index contributed by atoms with van der Waals surface area (Å²) in [7, 11) is 0. The van der Waals surface area contributed by atoms with Crippen LogP contribution in [-0.2, 0) is 16.0 Å². The van der Waals surface area contributed by atoms with Gasteiger partial charge in [0, 0.05) is 32.2 Å². The third kappa shape index (κ3) is 18.9. The molecule has 1 rings (SSSR count). The Morgan fingerprint density at radius 2 is 1.21 bits per heavy atom. The molecule has 0 bridgehead atoms. The quantitative estimate of drug-likeness (QED) is 0.488. The number of hydrogen-bond donors (Lipinski definition) is 4. The Morgan fingerprint density at radius 1 is 0.737 bits per heavy atom. The van der Waals surface area contributed by atoms with Crippen LogP contribution in [0, 0.1) is 0 Å². The van der Waals surface area contributed by atoms with E-state index in [1.807, 2.05) is 5.82 Å². The first-order chi connectivity index (χ1) is 8.39. The molecular formula is C12H31Cl2MnN4. The molecule has 0 spiro atoms. The predicted octanol–water partition coefficient (Wildman–Crippen LogP) is 0.952. The van der Waals surface area contributed by atoms with Gasteiger partial charge in [-0.3, -0.25) is 0 Å². The van der Waals surface area contributed by atoms with Crippen molar-refractivity contribution in [3.8, 4) is 0 Å². The van der Waals surface area contributed by atoms with Crippen molar-refractivity contribution in [2.24, 2.45) is 0 Å². The maximum absolute atomic E-state index is 3.52. The Kier molecular flexibility index (Phi) is 27.9. The first kappa shape index (κ1) is 24.9. The average molecular weight is 357 g/mol. The van der Waals surface area contributed by atoms with Crippen molar-refractivity contribution < 1.29 is 16.0 Å². The molecule has 1 aliphatic heterocycles. The summed E-state index contributed by atoms with van der Waals surface area (Å²) in [5, 5.41) is 13.8. The van der Waals surface area contributed by atoms with Gasteiger partial charge in [-0.1, -0.05) is 0 Å². The minimum absolute atomic E-state index is 0. The van der Waals surface area contributed by atoms with Gasteiger partial charge in [-0.2, -0.15) is 0 Å². The molecule has 1 saturated heterocycles. The van der Waals surface area contributed by atoms with E-state index in [2.05, 4.69) is 44.2 Å². The van der Waals surface area contributed by atoms with Gasteiger partial charge in [0.05, 0.1) is 0 Å². The molecule has 4 N–H and O–H groups in total. The number of hydrogen-bond acceptors (Lipinski definition) is 4. The van der Waals surface area contributed by atoms with E-state index in [1.54, 1.807) is 0 Å². The summed E-state index contributed by atoms with van der Waals surface area (Å²) >= 11 is 2.94. The molecule has 1 unspecified atom stereocenters. The summed E-state index contributed by atoms with van der Waals surface area (Å²) in [6.45, 7) is 9.94. The molecule has 1 fully saturated rings. The molecule has 1 aliphatic rings. The van der Waals surface area contributed by atoms with Crippen LogP contribution in [0.25, 0.3) is 0 Å². The molecule has 120 valence electrons. The van der Waals surface area contributed by atoms with Crippen LogP contribution in [0.5, 0.6) is 0 Å². The van der Waals surface area contributed by atoms with Crippen LogP contribution in [0.3, 0.4) is 0 Å². The second-order valence-electron chi connectivity index (χ2n) is 4.25. The second kappa shape index (κ2) is 21.2. The van der Waals surface area contributed by atoms with E-state index in [0.29, 0.717) is 6.04 Å². The van der Waals surface area contributed by atoms with Crippen LogP contribution in [0.15, 0.2) is 0 Å². The fourth-order valence-corrected chi connectivity index (χ4v) is 1.72. The summed E-state index contributed by atoms with van der Waals surface area (Å²) in [6.07, 6.45) is 2.43. The van der Waals surface area contributed by atoms with Gasteiger partial charge in [0.2, 0.25) is 0 Å². The molecule has 7 heteroatoms. The molecule has 4 nitrogen and oxygen atoms in total. The van der Waals surface area contributed by atoms with Crippen LogP contribution in [0.2, 0.25) is 5.82 Å². The number of halogens is 2. The van der Waals surface area contributed by atoms with Gasteiger partial charge < -0.3 is 21.3 Å². The summed E-state index contributed by atoms with van der Waals surface area (Å²) in [5.41, 5.74) is 0. The fourth-order valence-electron chi connectivity index (χ4n) is 1.72. The van der Waals surface area contributed by atoms with E-state index in [9.17, 15) is 0 Å². The van der Waals surface area contributed by atoms with Gasteiger partial charge in [0.25, 0.3) is 0 Å². The zero-order chi connectivity index (χ0) is 12.8.